The van der Waals surface area contributed by atoms with Crippen molar-refractivity contribution in [2.24, 2.45) is 5.92 Å². The van der Waals surface area contributed by atoms with Crippen LogP contribution in [0.2, 0.25) is 0 Å². The molecule has 1 aliphatic rings. The van der Waals surface area contributed by atoms with Gasteiger partial charge < -0.3 is 0 Å². The van der Waals surface area contributed by atoms with E-state index in [9.17, 15) is 4.39 Å². The number of aromatic nitrogens is 2. The van der Waals surface area contributed by atoms with E-state index in [-0.39, 0.29) is 11.7 Å². The van der Waals surface area contributed by atoms with E-state index in [1.165, 1.54) is 38.4 Å². The molecule has 1 saturated carbocycles. The van der Waals surface area contributed by atoms with Gasteiger partial charge in [-0.15, -0.1) is 0 Å². The maximum atomic E-state index is 13.9. The van der Waals surface area contributed by atoms with Gasteiger partial charge in [0.1, 0.15) is 10.9 Å². The second kappa shape index (κ2) is 6.60. The minimum Gasteiger partial charge on any atom is -0.238 e. The summed E-state index contributed by atoms with van der Waals surface area (Å²) < 4.78 is 14.2. The predicted molar refractivity (Wildman–Crippen MR) is 73.9 cm³/mol. The predicted octanol–water partition coefficient (Wildman–Crippen LogP) is 4.84. The standard InChI is InChI=1S/C14H20BrFN2/c1-2-3-4-10-5-7-11(8-6-10)13-12(16)14(15)18-9-17-13/h9-11H,2-8H2,1H3. The molecule has 1 aliphatic carbocycles. The van der Waals surface area contributed by atoms with Crippen molar-refractivity contribution in [1.82, 2.24) is 9.97 Å². The van der Waals surface area contributed by atoms with Gasteiger partial charge in [0.15, 0.2) is 5.82 Å². The van der Waals surface area contributed by atoms with E-state index >= 15 is 0 Å². The molecular weight excluding hydrogens is 295 g/mol. The second-order valence-corrected chi connectivity index (χ2v) is 5.97. The van der Waals surface area contributed by atoms with E-state index in [4.69, 9.17) is 0 Å². The highest BCUT2D eigenvalue weighted by molar-refractivity contribution is 9.10. The molecule has 0 aliphatic heterocycles. The highest BCUT2D eigenvalue weighted by atomic mass is 79.9. The average molecular weight is 315 g/mol. The summed E-state index contributed by atoms with van der Waals surface area (Å²) in [6.07, 6.45) is 9.93. The molecule has 0 bridgehead atoms. The molecule has 0 aromatic carbocycles. The molecule has 0 spiro atoms. The summed E-state index contributed by atoms with van der Waals surface area (Å²) >= 11 is 3.13. The second-order valence-electron chi connectivity index (χ2n) is 5.22. The first-order chi connectivity index (χ1) is 8.72. The topological polar surface area (TPSA) is 25.8 Å². The lowest BCUT2D eigenvalue weighted by atomic mass is 9.78. The summed E-state index contributed by atoms with van der Waals surface area (Å²) in [7, 11) is 0. The van der Waals surface area contributed by atoms with Crippen LogP contribution in [0.3, 0.4) is 0 Å². The van der Waals surface area contributed by atoms with Crippen molar-refractivity contribution < 1.29 is 4.39 Å². The van der Waals surface area contributed by atoms with E-state index in [0.717, 1.165) is 18.8 Å². The molecular formula is C14H20BrFN2. The van der Waals surface area contributed by atoms with Crippen molar-refractivity contribution in [3.63, 3.8) is 0 Å². The van der Waals surface area contributed by atoms with Crippen LogP contribution in [-0.4, -0.2) is 9.97 Å². The zero-order valence-corrected chi connectivity index (χ0v) is 12.4. The Hall–Kier alpha value is -0.510. The minimum absolute atomic E-state index is 0.269. The first-order valence-electron chi connectivity index (χ1n) is 6.88. The molecule has 0 atom stereocenters. The normalized spacial score (nSPS) is 24.2. The average Bonchev–Trinajstić information content (AvgIpc) is 2.40. The van der Waals surface area contributed by atoms with Crippen LogP contribution in [0.25, 0.3) is 0 Å². The molecule has 1 aromatic rings. The van der Waals surface area contributed by atoms with Crippen molar-refractivity contribution in [3.8, 4) is 0 Å². The molecule has 2 nitrogen and oxygen atoms in total. The summed E-state index contributed by atoms with van der Waals surface area (Å²) in [5.74, 6) is 0.853. The molecule has 1 heterocycles. The number of hydrogen-bond acceptors (Lipinski definition) is 2. The van der Waals surface area contributed by atoms with Gasteiger partial charge in [0.05, 0.1) is 5.69 Å². The Labute approximate surface area is 117 Å². The molecule has 0 N–H and O–H groups in total. The zero-order valence-electron chi connectivity index (χ0n) is 10.8. The Bertz CT molecular complexity index is 389. The van der Waals surface area contributed by atoms with Gasteiger partial charge in [0, 0.05) is 5.92 Å². The smallest absolute Gasteiger partial charge is 0.177 e. The highest BCUT2D eigenvalue weighted by Gasteiger charge is 2.25. The minimum atomic E-state index is -0.269. The summed E-state index contributed by atoms with van der Waals surface area (Å²) in [4.78, 5) is 7.95. The third-order valence-corrected chi connectivity index (χ3v) is 4.53. The van der Waals surface area contributed by atoms with Gasteiger partial charge >= 0.3 is 0 Å². The lowest BCUT2D eigenvalue weighted by Crippen LogP contribution is -2.15. The molecule has 0 unspecified atom stereocenters. The number of nitrogens with zero attached hydrogens (tertiary/aromatic N) is 2. The van der Waals surface area contributed by atoms with Crippen LogP contribution in [0.4, 0.5) is 4.39 Å². The lowest BCUT2D eigenvalue weighted by molar-refractivity contribution is 0.297. The Morgan fingerprint density at radius 1 is 1.28 bits per heavy atom. The Balaban J connectivity index is 1.95. The Morgan fingerprint density at radius 2 is 2.00 bits per heavy atom. The van der Waals surface area contributed by atoms with Crippen LogP contribution in [0.1, 0.15) is 63.5 Å². The summed E-state index contributed by atoms with van der Waals surface area (Å²) in [6, 6.07) is 0. The van der Waals surface area contributed by atoms with Crippen LogP contribution < -0.4 is 0 Å². The third kappa shape index (κ3) is 3.28. The molecule has 0 radical (unpaired) electrons. The van der Waals surface area contributed by atoms with Gasteiger partial charge in [-0.05, 0) is 47.5 Å². The van der Waals surface area contributed by atoms with Crippen LogP contribution in [-0.2, 0) is 0 Å². The fraction of sp³-hybridized carbons (Fsp3) is 0.714. The van der Waals surface area contributed by atoms with Crippen LogP contribution >= 0.6 is 15.9 Å². The molecule has 0 amide bonds. The van der Waals surface area contributed by atoms with Gasteiger partial charge in [-0.25, -0.2) is 14.4 Å². The van der Waals surface area contributed by atoms with Gasteiger partial charge in [-0.2, -0.15) is 0 Å². The number of rotatable bonds is 4. The summed E-state index contributed by atoms with van der Waals surface area (Å²) in [5, 5.41) is 0. The first kappa shape index (κ1) is 13.9. The SMILES string of the molecule is CCCCC1CCC(c2ncnc(Br)c2F)CC1. The lowest BCUT2D eigenvalue weighted by Gasteiger charge is -2.28. The number of unbranched alkanes of at least 4 members (excludes halogenated alkanes) is 1. The summed E-state index contributed by atoms with van der Waals surface area (Å²) in [5.41, 5.74) is 0.603. The van der Waals surface area contributed by atoms with E-state index in [1.807, 2.05) is 0 Å². The van der Waals surface area contributed by atoms with Gasteiger partial charge in [-0.3, -0.25) is 0 Å². The van der Waals surface area contributed by atoms with E-state index in [2.05, 4.69) is 32.8 Å². The fourth-order valence-electron chi connectivity index (χ4n) is 2.86. The summed E-state index contributed by atoms with van der Waals surface area (Å²) in [6.45, 7) is 2.24. The van der Waals surface area contributed by atoms with E-state index in [1.54, 1.807) is 0 Å². The molecule has 2 rings (SSSR count). The first-order valence-corrected chi connectivity index (χ1v) is 7.67. The Morgan fingerprint density at radius 3 is 2.67 bits per heavy atom. The molecule has 0 saturated heterocycles. The highest BCUT2D eigenvalue weighted by Crippen LogP contribution is 2.38. The van der Waals surface area contributed by atoms with Crippen molar-refractivity contribution in [2.45, 2.75) is 57.8 Å². The maximum absolute atomic E-state index is 13.9. The van der Waals surface area contributed by atoms with Crippen molar-refractivity contribution >= 4 is 15.9 Å². The molecule has 100 valence electrons. The van der Waals surface area contributed by atoms with Crippen LogP contribution in [0, 0.1) is 11.7 Å². The van der Waals surface area contributed by atoms with Gasteiger partial charge in [0.25, 0.3) is 0 Å². The molecule has 1 fully saturated rings. The largest absolute Gasteiger partial charge is 0.238 e. The quantitative estimate of drug-likeness (QED) is 0.743. The maximum Gasteiger partial charge on any atom is 0.177 e. The van der Waals surface area contributed by atoms with Gasteiger partial charge in [-0.1, -0.05) is 26.2 Å². The van der Waals surface area contributed by atoms with Crippen molar-refractivity contribution in [2.75, 3.05) is 0 Å². The van der Waals surface area contributed by atoms with E-state index < -0.39 is 0 Å². The molecule has 4 heteroatoms. The Kier molecular flexibility index (Phi) is 5.10. The van der Waals surface area contributed by atoms with Gasteiger partial charge in [0.2, 0.25) is 0 Å². The fourth-order valence-corrected chi connectivity index (χ4v) is 3.16. The van der Waals surface area contributed by atoms with Crippen LogP contribution in [0.15, 0.2) is 10.9 Å². The number of halogens is 2. The van der Waals surface area contributed by atoms with Crippen molar-refractivity contribution in [1.29, 1.82) is 0 Å². The monoisotopic (exact) mass is 314 g/mol. The zero-order chi connectivity index (χ0) is 13.0. The van der Waals surface area contributed by atoms with E-state index in [0.29, 0.717) is 10.3 Å². The molecule has 18 heavy (non-hydrogen) atoms. The number of hydrogen-bond donors (Lipinski definition) is 0. The van der Waals surface area contributed by atoms with Crippen molar-refractivity contribution in [3.05, 3.63) is 22.4 Å². The molecule has 1 aromatic heterocycles. The van der Waals surface area contributed by atoms with Crippen LogP contribution in [0.5, 0.6) is 0 Å². The third-order valence-electron chi connectivity index (χ3n) is 3.97.